The quantitative estimate of drug-likeness (QED) is 0.840. The van der Waals surface area contributed by atoms with Gasteiger partial charge in [0.2, 0.25) is 11.7 Å². The van der Waals surface area contributed by atoms with Crippen molar-refractivity contribution in [1.29, 1.82) is 0 Å². The highest BCUT2D eigenvalue weighted by Crippen LogP contribution is 2.37. The molecular weight excluding hydrogens is 254 g/mol. The summed E-state index contributed by atoms with van der Waals surface area (Å²) in [5.41, 5.74) is 5.43. The molecule has 0 bridgehead atoms. The van der Waals surface area contributed by atoms with E-state index in [1.165, 1.54) is 12.8 Å². The first-order chi connectivity index (χ1) is 9.45. The number of ether oxygens (including phenoxy) is 1. The molecule has 0 spiro atoms. The van der Waals surface area contributed by atoms with Crippen molar-refractivity contribution >= 4 is 0 Å². The smallest absolute Gasteiger partial charge is 0.226 e. The van der Waals surface area contributed by atoms with Gasteiger partial charge in [-0.15, -0.1) is 0 Å². The number of methoxy groups -OCH3 is 1. The van der Waals surface area contributed by atoms with Crippen molar-refractivity contribution in [3.05, 3.63) is 11.7 Å². The minimum atomic E-state index is -0.351. The van der Waals surface area contributed by atoms with Crippen molar-refractivity contribution in [2.45, 2.75) is 76.4 Å². The second-order valence-electron chi connectivity index (χ2n) is 6.61. The Hall–Kier alpha value is -0.940. The fraction of sp³-hybridized carbons (Fsp3) is 0.867. The van der Waals surface area contributed by atoms with Gasteiger partial charge in [-0.25, -0.2) is 0 Å². The van der Waals surface area contributed by atoms with Crippen LogP contribution in [0.4, 0.5) is 0 Å². The maximum atomic E-state index is 5.99. The fourth-order valence-electron chi connectivity index (χ4n) is 2.79. The van der Waals surface area contributed by atoms with E-state index in [1.54, 1.807) is 7.11 Å². The van der Waals surface area contributed by atoms with Crippen LogP contribution in [0.1, 0.15) is 70.5 Å². The summed E-state index contributed by atoms with van der Waals surface area (Å²) in [5, 5.41) is 4.17. The zero-order valence-corrected chi connectivity index (χ0v) is 12.9. The largest absolute Gasteiger partial charge is 0.370 e. The van der Waals surface area contributed by atoms with Crippen LogP contribution in [0.2, 0.25) is 0 Å². The summed E-state index contributed by atoms with van der Waals surface area (Å²) in [5.74, 6) is 1.38. The number of rotatable bonds is 5. The molecule has 1 aromatic rings. The summed E-state index contributed by atoms with van der Waals surface area (Å²) in [6, 6.07) is 0. The molecule has 0 saturated heterocycles. The van der Waals surface area contributed by atoms with Gasteiger partial charge in [-0.05, 0) is 33.1 Å². The van der Waals surface area contributed by atoms with E-state index in [9.17, 15) is 0 Å². The van der Waals surface area contributed by atoms with Crippen LogP contribution in [0, 0.1) is 0 Å². The summed E-state index contributed by atoms with van der Waals surface area (Å²) in [7, 11) is 1.75. The lowest BCUT2D eigenvalue weighted by Gasteiger charge is -2.27. The van der Waals surface area contributed by atoms with Gasteiger partial charge in [0.25, 0.3) is 0 Å². The summed E-state index contributed by atoms with van der Waals surface area (Å²) in [4.78, 5) is 4.56. The summed E-state index contributed by atoms with van der Waals surface area (Å²) in [6.45, 7) is 4.01. The average molecular weight is 281 g/mol. The molecular formula is C15H27N3O2. The van der Waals surface area contributed by atoms with Gasteiger partial charge in [-0.1, -0.05) is 30.8 Å². The maximum Gasteiger partial charge on any atom is 0.226 e. The van der Waals surface area contributed by atoms with E-state index in [1.807, 2.05) is 13.8 Å². The molecule has 1 aliphatic carbocycles. The van der Waals surface area contributed by atoms with Crippen LogP contribution in [0.3, 0.4) is 0 Å². The molecule has 1 saturated carbocycles. The maximum absolute atomic E-state index is 5.99. The van der Waals surface area contributed by atoms with E-state index >= 15 is 0 Å². The molecule has 0 radical (unpaired) electrons. The minimum absolute atomic E-state index is 0.212. The number of aryl methyl sites for hydroxylation is 1. The Balaban J connectivity index is 2.09. The number of hydrogen-bond donors (Lipinski definition) is 1. The zero-order valence-electron chi connectivity index (χ0n) is 12.9. The molecule has 2 rings (SSSR count). The number of nitrogens with zero attached hydrogens (tertiary/aromatic N) is 2. The van der Waals surface area contributed by atoms with E-state index in [0.717, 1.165) is 38.5 Å². The second-order valence-corrected chi connectivity index (χ2v) is 6.61. The Morgan fingerprint density at radius 1 is 1.25 bits per heavy atom. The van der Waals surface area contributed by atoms with Crippen LogP contribution in [0.5, 0.6) is 0 Å². The lowest BCUT2D eigenvalue weighted by atomic mass is 9.93. The highest BCUT2D eigenvalue weighted by Gasteiger charge is 2.37. The fourth-order valence-corrected chi connectivity index (χ4v) is 2.79. The Morgan fingerprint density at radius 2 is 1.90 bits per heavy atom. The van der Waals surface area contributed by atoms with Crippen molar-refractivity contribution in [2.24, 2.45) is 5.73 Å². The third-order valence-corrected chi connectivity index (χ3v) is 4.16. The summed E-state index contributed by atoms with van der Waals surface area (Å²) < 4.78 is 11.2. The Labute approximate surface area is 121 Å². The lowest BCUT2D eigenvalue weighted by molar-refractivity contribution is -0.0365. The van der Waals surface area contributed by atoms with E-state index < -0.39 is 0 Å². The van der Waals surface area contributed by atoms with Crippen LogP contribution in [-0.4, -0.2) is 22.8 Å². The first-order valence-corrected chi connectivity index (χ1v) is 7.62. The van der Waals surface area contributed by atoms with Gasteiger partial charge in [-0.3, -0.25) is 0 Å². The molecule has 0 aromatic carbocycles. The molecule has 1 aliphatic rings. The second kappa shape index (κ2) is 6.22. The highest BCUT2D eigenvalue weighted by molar-refractivity contribution is 5.03. The molecule has 0 atom stereocenters. The summed E-state index contributed by atoms with van der Waals surface area (Å²) >= 11 is 0. The first kappa shape index (κ1) is 15.4. The van der Waals surface area contributed by atoms with Crippen LogP contribution in [0.15, 0.2) is 4.52 Å². The molecule has 20 heavy (non-hydrogen) atoms. The Bertz CT molecular complexity index is 415. The molecule has 0 unspecified atom stereocenters. The molecule has 0 amide bonds. The monoisotopic (exact) mass is 281 g/mol. The minimum Gasteiger partial charge on any atom is -0.370 e. The van der Waals surface area contributed by atoms with E-state index in [-0.39, 0.29) is 11.1 Å². The molecule has 1 fully saturated rings. The molecule has 5 heteroatoms. The van der Waals surface area contributed by atoms with Gasteiger partial charge in [0.1, 0.15) is 5.60 Å². The Kier molecular flexibility index (Phi) is 4.81. The standard InChI is InChI=1S/C15H27N3O2/c1-14(2,16)11-8-12-17-13(18-20-12)15(19-3)9-6-4-5-7-10-15/h4-11,16H2,1-3H3. The molecule has 0 aliphatic heterocycles. The average Bonchev–Trinajstić information content (AvgIpc) is 2.74. The van der Waals surface area contributed by atoms with Crippen molar-refractivity contribution in [2.75, 3.05) is 7.11 Å². The third-order valence-electron chi connectivity index (χ3n) is 4.16. The zero-order chi connectivity index (χ0) is 14.6. The van der Waals surface area contributed by atoms with Gasteiger partial charge in [0.05, 0.1) is 0 Å². The van der Waals surface area contributed by atoms with Crippen molar-refractivity contribution < 1.29 is 9.26 Å². The highest BCUT2D eigenvalue weighted by atomic mass is 16.5. The van der Waals surface area contributed by atoms with Gasteiger partial charge in [0, 0.05) is 19.1 Å². The van der Waals surface area contributed by atoms with E-state index in [2.05, 4.69) is 10.1 Å². The number of hydrogen-bond acceptors (Lipinski definition) is 5. The van der Waals surface area contributed by atoms with Gasteiger partial charge < -0.3 is 15.0 Å². The van der Waals surface area contributed by atoms with Crippen LogP contribution in [-0.2, 0) is 16.8 Å². The molecule has 5 nitrogen and oxygen atoms in total. The van der Waals surface area contributed by atoms with Crippen molar-refractivity contribution in [1.82, 2.24) is 10.1 Å². The third kappa shape index (κ3) is 3.79. The van der Waals surface area contributed by atoms with Gasteiger partial charge in [-0.2, -0.15) is 4.98 Å². The van der Waals surface area contributed by atoms with Crippen LogP contribution < -0.4 is 5.73 Å². The van der Waals surface area contributed by atoms with Crippen LogP contribution >= 0.6 is 0 Å². The normalized spacial score (nSPS) is 19.8. The molecule has 2 N–H and O–H groups in total. The van der Waals surface area contributed by atoms with E-state index in [0.29, 0.717) is 11.7 Å². The van der Waals surface area contributed by atoms with Crippen molar-refractivity contribution in [3.63, 3.8) is 0 Å². The van der Waals surface area contributed by atoms with Crippen LogP contribution in [0.25, 0.3) is 0 Å². The predicted octanol–water partition coefficient (Wildman–Crippen LogP) is 2.94. The van der Waals surface area contributed by atoms with Crippen molar-refractivity contribution in [3.8, 4) is 0 Å². The predicted molar refractivity (Wildman–Crippen MR) is 77.3 cm³/mol. The number of nitrogens with two attached hydrogens (primary N) is 1. The Morgan fingerprint density at radius 3 is 2.45 bits per heavy atom. The first-order valence-electron chi connectivity index (χ1n) is 7.62. The molecule has 1 heterocycles. The topological polar surface area (TPSA) is 74.2 Å². The van der Waals surface area contributed by atoms with Gasteiger partial charge in [0.15, 0.2) is 0 Å². The SMILES string of the molecule is COC1(c2noc(CCC(C)(C)N)n2)CCCCCC1. The van der Waals surface area contributed by atoms with E-state index in [4.69, 9.17) is 15.0 Å². The number of aromatic nitrogens is 2. The van der Waals surface area contributed by atoms with Gasteiger partial charge >= 0.3 is 0 Å². The summed E-state index contributed by atoms with van der Waals surface area (Å²) in [6.07, 6.45) is 8.34. The lowest BCUT2D eigenvalue weighted by Crippen LogP contribution is -2.32. The molecule has 1 aromatic heterocycles. The molecule has 114 valence electrons.